The second kappa shape index (κ2) is 4.74. The van der Waals surface area contributed by atoms with Gasteiger partial charge in [-0.1, -0.05) is 24.3 Å². The molecule has 0 unspecified atom stereocenters. The quantitative estimate of drug-likeness (QED) is 0.437. The maximum absolute atomic E-state index is 4.20. The first-order valence-electron chi connectivity index (χ1n) is 3.43. The highest BCUT2D eigenvalue weighted by molar-refractivity contribution is 7.98. The van der Waals surface area contributed by atoms with Crippen LogP contribution in [0.5, 0.6) is 0 Å². The van der Waals surface area contributed by atoms with E-state index in [9.17, 15) is 0 Å². The summed E-state index contributed by atoms with van der Waals surface area (Å²) in [5.74, 6) is 0. The highest BCUT2D eigenvalue weighted by Crippen LogP contribution is 2.27. The lowest BCUT2D eigenvalue weighted by atomic mass is 10.2. The third-order valence-corrected chi connectivity index (χ3v) is 2.73. The Bertz CT molecular complexity index is 213. The second-order valence-electron chi connectivity index (χ2n) is 2.41. The van der Waals surface area contributed by atoms with Crippen LogP contribution in [0.1, 0.15) is 20.3 Å². The van der Waals surface area contributed by atoms with Crippen LogP contribution < -0.4 is 0 Å². The summed E-state index contributed by atoms with van der Waals surface area (Å²) in [6.07, 6.45) is 0. The van der Waals surface area contributed by atoms with Gasteiger partial charge in [0.1, 0.15) is 0 Å². The van der Waals surface area contributed by atoms with E-state index in [1.807, 2.05) is 24.3 Å². The molecule has 0 atom stereocenters. The van der Waals surface area contributed by atoms with Crippen LogP contribution in [-0.4, -0.2) is 0 Å². The van der Waals surface area contributed by atoms with Crippen molar-refractivity contribution in [3.63, 3.8) is 0 Å². The zero-order chi connectivity index (χ0) is 9.14. The second-order valence-corrected chi connectivity index (χ2v) is 5.29. The van der Waals surface area contributed by atoms with Crippen molar-refractivity contribution in [1.82, 2.24) is 0 Å². The van der Waals surface area contributed by atoms with Gasteiger partial charge in [0.15, 0.2) is 0 Å². The zero-order valence-electron chi connectivity index (χ0n) is 6.25. The van der Waals surface area contributed by atoms with E-state index in [4.69, 9.17) is 0 Å². The van der Waals surface area contributed by atoms with E-state index in [1.54, 1.807) is 0 Å². The van der Waals surface area contributed by atoms with Crippen LogP contribution in [0.2, 0.25) is 0 Å². The normalized spacial score (nSPS) is 11.2. The Hall–Kier alpha value is 0.620. The molecule has 0 N–H and O–H groups in total. The minimum Gasteiger partial charge on any atom is -0.160 e. The molecule has 0 saturated carbocycles. The summed E-state index contributed by atoms with van der Waals surface area (Å²) in [4.78, 5) is 0. The average molecular weight is 234 g/mol. The molecule has 0 aliphatic heterocycles. The molecule has 0 aromatic heterocycles. The van der Waals surface area contributed by atoms with Crippen LogP contribution in [0, 0.1) is 0 Å². The number of thiol groups is 4. The van der Waals surface area contributed by atoms with Gasteiger partial charge in [-0.3, -0.25) is 0 Å². The Kier molecular flexibility index (Phi) is 4.23. The number of hydrogen-bond acceptors (Lipinski definition) is 4. The smallest absolute Gasteiger partial charge is 0.0692 e. The Balaban J connectivity index is 2.86. The molecular formula is C8H10S4. The van der Waals surface area contributed by atoms with Crippen molar-refractivity contribution >= 4 is 50.5 Å². The van der Waals surface area contributed by atoms with Crippen molar-refractivity contribution in [3.8, 4) is 0 Å². The third kappa shape index (κ3) is 2.83. The van der Waals surface area contributed by atoms with E-state index >= 15 is 0 Å². The van der Waals surface area contributed by atoms with Crippen LogP contribution in [0.25, 0.3) is 0 Å². The van der Waals surface area contributed by atoms with E-state index in [0.717, 1.165) is 11.1 Å². The van der Waals surface area contributed by atoms with E-state index in [1.165, 1.54) is 0 Å². The molecule has 1 aromatic carbocycles. The van der Waals surface area contributed by atoms with Crippen LogP contribution in [0.4, 0.5) is 0 Å². The minimum atomic E-state index is -0.0164. The monoisotopic (exact) mass is 234 g/mol. The molecule has 0 fully saturated rings. The van der Waals surface area contributed by atoms with Gasteiger partial charge in [0.05, 0.1) is 9.16 Å². The average Bonchev–Trinajstić information content (AvgIpc) is 2.04. The predicted octanol–water partition coefficient (Wildman–Crippen LogP) is 3.40. The standard InChI is InChI=1S/C8H10S4/c9-7(10)5-1-2-6(4-3-5)8(11)12/h1-4,7-12H. The maximum atomic E-state index is 4.20. The first-order chi connectivity index (χ1) is 5.61. The number of rotatable bonds is 2. The summed E-state index contributed by atoms with van der Waals surface area (Å²) in [5, 5.41) is 0. The molecule has 66 valence electrons. The first kappa shape index (κ1) is 10.7. The topological polar surface area (TPSA) is 0 Å². The van der Waals surface area contributed by atoms with Gasteiger partial charge >= 0.3 is 0 Å². The van der Waals surface area contributed by atoms with E-state index in [0.29, 0.717) is 0 Å². The summed E-state index contributed by atoms with van der Waals surface area (Å²) < 4.78 is -0.0327. The summed E-state index contributed by atoms with van der Waals surface area (Å²) in [5.41, 5.74) is 2.18. The van der Waals surface area contributed by atoms with E-state index in [-0.39, 0.29) is 9.16 Å². The molecule has 0 heterocycles. The van der Waals surface area contributed by atoms with Crippen LogP contribution in [-0.2, 0) is 0 Å². The van der Waals surface area contributed by atoms with E-state index in [2.05, 4.69) is 50.5 Å². The zero-order valence-corrected chi connectivity index (χ0v) is 9.83. The summed E-state index contributed by atoms with van der Waals surface area (Å²) >= 11 is 16.8. The van der Waals surface area contributed by atoms with Gasteiger partial charge in [0.2, 0.25) is 0 Å². The SMILES string of the molecule is SC(S)c1ccc(C(S)S)cc1. The van der Waals surface area contributed by atoms with Gasteiger partial charge in [-0.2, -0.15) is 50.5 Å². The lowest BCUT2D eigenvalue weighted by Gasteiger charge is -2.06. The molecule has 1 aromatic rings. The molecule has 0 nitrogen and oxygen atoms in total. The fraction of sp³-hybridized carbons (Fsp3) is 0.250. The number of hydrogen-bond donors (Lipinski definition) is 4. The molecule has 12 heavy (non-hydrogen) atoms. The molecule has 0 bridgehead atoms. The number of benzene rings is 1. The Morgan fingerprint density at radius 1 is 0.667 bits per heavy atom. The van der Waals surface area contributed by atoms with Gasteiger partial charge in [-0.05, 0) is 11.1 Å². The van der Waals surface area contributed by atoms with Gasteiger partial charge in [-0.15, -0.1) is 0 Å². The van der Waals surface area contributed by atoms with Crippen molar-refractivity contribution in [3.05, 3.63) is 35.4 Å². The van der Waals surface area contributed by atoms with Crippen LogP contribution >= 0.6 is 50.5 Å². The van der Waals surface area contributed by atoms with Crippen molar-refractivity contribution in [2.45, 2.75) is 9.16 Å². The fourth-order valence-electron chi connectivity index (χ4n) is 0.840. The molecule has 0 radical (unpaired) electrons. The highest BCUT2D eigenvalue weighted by atomic mass is 32.2. The largest absolute Gasteiger partial charge is 0.160 e. The Morgan fingerprint density at radius 3 is 1.08 bits per heavy atom. The van der Waals surface area contributed by atoms with Crippen molar-refractivity contribution in [2.75, 3.05) is 0 Å². The third-order valence-electron chi connectivity index (χ3n) is 1.53. The van der Waals surface area contributed by atoms with Crippen molar-refractivity contribution in [1.29, 1.82) is 0 Å². The van der Waals surface area contributed by atoms with Crippen molar-refractivity contribution in [2.24, 2.45) is 0 Å². The Labute approximate surface area is 94.8 Å². The molecule has 0 spiro atoms. The van der Waals surface area contributed by atoms with Gasteiger partial charge in [0.25, 0.3) is 0 Å². The maximum Gasteiger partial charge on any atom is 0.0692 e. The predicted molar refractivity (Wildman–Crippen MR) is 67.9 cm³/mol. The molecule has 0 saturated heterocycles. The van der Waals surface area contributed by atoms with Gasteiger partial charge in [0, 0.05) is 0 Å². The molecule has 0 aliphatic rings. The summed E-state index contributed by atoms with van der Waals surface area (Å²) in [6, 6.07) is 7.94. The van der Waals surface area contributed by atoms with Crippen LogP contribution in [0.15, 0.2) is 24.3 Å². The van der Waals surface area contributed by atoms with Crippen LogP contribution in [0.3, 0.4) is 0 Å². The molecular weight excluding hydrogens is 224 g/mol. The fourth-order valence-corrected chi connectivity index (χ4v) is 1.53. The lowest BCUT2D eigenvalue weighted by Crippen LogP contribution is -1.84. The molecule has 0 aliphatic carbocycles. The molecule has 0 amide bonds. The summed E-state index contributed by atoms with van der Waals surface area (Å²) in [7, 11) is 0. The molecule has 4 heteroatoms. The highest BCUT2D eigenvalue weighted by Gasteiger charge is 2.02. The van der Waals surface area contributed by atoms with E-state index < -0.39 is 0 Å². The summed E-state index contributed by atoms with van der Waals surface area (Å²) in [6.45, 7) is 0. The van der Waals surface area contributed by atoms with Gasteiger partial charge < -0.3 is 0 Å². The van der Waals surface area contributed by atoms with Gasteiger partial charge in [-0.25, -0.2) is 0 Å². The molecule has 1 rings (SSSR count). The Morgan fingerprint density at radius 2 is 0.917 bits per heavy atom. The van der Waals surface area contributed by atoms with Crippen molar-refractivity contribution < 1.29 is 0 Å². The minimum absolute atomic E-state index is 0.0164. The lowest BCUT2D eigenvalue weighted by molar-refractivity contribution is 1.33. The first-order valence-corrected chi connectivity index (χ1v) is 5.50.